The molecule has 0 saturated carbocycles. The monoisotopic (exact) mass is 352 g/mol. The number of hydrogen-bond acceptors (Lipinski definition) is 4. The third-order valence-corrected chi connectivity index (χ3v) is 4.33. The summed E-state index contributed by atoms with van der Waals surface area (Å²) < 4.78 is 5.15. The van der Waals surface area contributed by atoms with E-state index in [-0.39, 0.29) is 5.91 Å². The molecule has 128 valence electrons. The van der Waals surface area contributed by atoms with Crippen molar-refractivity contribution >= 4 is 28.5 Å². The Kier molecular flexibility index (Phi) is 5.46. The maximum atomic E-state index is 11.9. The Balaban J connectivity index is 1.63. The summed E-state index contributed by atoms with van der Waals surface area (Å²) in [5, 5.41) is 5.30. The molecule has 0 spiro atoms. The standard InChI is InChI=1S/C20H20N2O2S/c1-14(2)12-15-5-7-16(8-6-15)18-13-25-20(21-18)22-19(23)10-9-17-4-3-11-24-17/h3-11,13-14H,12H2,1-2H3,(H,21,22,23)/b10-9-. The van der Waals surface area contributed by atoms with Crippen LogP contribution in [0, 0.1) is 5.92 Å². The number of thiazole rings is 1. The van der Waals surface area contributed by atoms with E-state index in [4.69, 9.17) is 4.42 Å². The molecule has 3 aromatic rings. The number of furan rings is 1. The number of carbonyl (C=O) groups is 1. The highest BCUT2D eigenvalue weighted by molar-refractivity contribution is 7.14. The maximum Gasteiger partial charge on any atom is 0.250 e. The summed E-state index contributed by atoms with van der Waals surface area (Å²) in [6, 6.07) is 12.0. The first-order valence-electron chi connectivity index (χ1n) is 8.17. The Hall–Kier alpha value is -2.66. The summed E-state index contributed by atoms with van der Waals surface area (Å²) in [4.78, 5) is 16.4. The second-order valence-electron chi connectivity index (χ2n) is 6.17. The third kappa shape index (κ3) is 4.90. The molecular weight excluding hydrogens is 332 g/mol. The molecular formula is C20H20N2O2S. The molecule has 5 heteroatoms. The number of rotatable bonds is 6. The van der Waals surface area contributed by atoms with Gasteiger partial charge in [0.1, 0.15) is 5.76 Å². The second-order valence-corrected chi connectivity index (χ2v) is 7.03. The highest BCUT2D eigenvalue weighted by atomic mass is 32.1. The van der Waals surface area contributed by atoms with Crippen LogP contribution in [-0.2, 0) is 11.2 Å². The first kappa shape index (κ1) is 17.2. The number of nitrogens with one attached hydrogen (secondary N) is 1. The van der Waals surface area contributed by atoms with Gasteiger partial charge in [-0.2, -0.15) is 0 Å². The smallest absolute Gasteiger partial charge is 0.250 e. The van der Waals surface area contributed by atoms with Crippen molar-refractivity contribution in [3.63, 3.8) is 0 Å². The molecule has 0 unspecified atom stereocenters. The molecule has 1 N–H and O–H groups in total. The molecule has 0 bridgehead atoms. The lowest BCUT2D eigenvalue weighted by atomic mass is 10.0. The summed E-state index contributed by atoms with van der Waals surface area (Å²) in [6.45, 7) is 4.42. The molecule has 0 aliphatic heterocycles. The molecule has 1 aromatic carbocycles. The van der Waals surface area contributed by atoms with Gasteiger partial charge in [-0.05, 0) is 36.1 Å². The minimum Gasteiger partial charge on any atom is -0.465 e. The number of aromatic nitrogens is 1. The number of hydrogen-bond donors (Lipinski definition) is 1. The number of carbonyl (C=O) groups excluding carboxylic acids is 1. The van der Waals surface area contributed by atoms with Crippen molar-refractivity contribution in [3.05, 3.63) is 65.4 Å². The lowest BCUT2D eigenvalue weighted by Crippen LogP contribution is -2.07. The second kappa shape index (κ2) is 7.94. The third-order valence-electron chi connectivity index (χ3n) is 3.57. The van der Waals surface area contributed by atoms with Crippen molar-refractivity contribution in [3.8, 4) is 11.3 Å². The lowest BCUT2D eigenvalue weighted by Gasteiger charge is -2.05. The Bertz CT molecular complexity index is 846. The van der Waals surface area contributed by atoms with Gasteiger partial charge >= 0.3 is 0 Å². The number of nitrogens with zero attached hydrogens (tertiary/aromatic N) is 1. The molecule has 2 heterocycles. The highest BCUT2D eigenvalue weighted by Gasteiger charge is 2.07. The zero-order valence-corrected chi connectivity index (χ0v) is 15.0. The maximum absolute atomic E-state index is 11.9. The fourth-order valence-corrected chi connectivity index (χ4v) is 3.16. The van der Waals surface area contributed by atoms with Gasteiger partial charge in [0.05, 0.1) is 12.0 Å². The molecule has 0 aliphatic carbocycles. The molecule has 0 radical (unpaired) electrons. The fourth-order valence-electron chi connectivity index (χ4n) is 2.44. The van der Waals surface area contributed by atoms with Crippen molar-refractivity contribution in [2.24, 2.45) is 5.92 Å². The largest absolute Gasteiger partial charge is 0.465 e. The van der Waals surface area contributed by atoms with Gasteiger partial charge in [-0.3, -0.25) is 10.1 Å². The fraction of sp³-hybridized carbons (Fsp3) is 0.200. The van der Waals surface area contributed by atoms with Crippen LogP contribution in [0.4, 0.5) is 5.13 Å². The lowest BCUT2D eigenvalue weighted by molar-refractivity contribution is -0.111. The van der Waals surface area contributed by atoms with E-state index in [0.29, 0.717) is 16.8 Å². The van der Waals surface area contributed by atoms with E-state index >= 15 is 0 Å². The summed E-state index contributed by atoms with van der Waals surface area (Å²) >= 11 is 1.41. The van der Waals surface area contributed by atoms with Gasteiger partial charge in [0.25, 0.3) is 0 Å². The molecule has 0 atom stereocenters. The molecule has 25 heavy (non-hydrogen) atoms. The molecule has 4 nitrogen and oxygen atoms in total. The van der Waals surface area contributed by atoms with E-state index < -0.39 is 0 Å². The van der Waals surface area contributed by atoms with Crippen LogP contribution in [0.2, 0.25) is 0 Å². The van der Waals surface area contributed by atoms with Crippen molar-refractivity contribution in [1.29, 1.82) is 0 Å². The Labute approximate surface area is 151 Å². The molecule has 0 fully saturated rings. The van der Waals surface area contributed by atoms with Crippen LogP contribution in [0.15, 0.2) is 58.5 Å². The number of benzene rings is 1. The number of amides is 1. The molecule has 3 rings (SSSR count). The molecule has 2 aromatic heterocycles. The van der Waals surface area contributed by atoms with Crippen LogP contribution in [0.3, 0.4) is 0 Å². The molecule has 0 saturated heterocycles. The van der Waals surface area contributed by atoms with Crippen LogP contribution in [0.25, 0.3) is 17.3 Å². The van der Waals surface area contributed by atoms with Gasteiger partial charge in [0.2, 0.25) is 5.91 Å². The molecule has 1 amide bonds. The minimum absolute atomic E-state index is 0.232. The summed E-state index contributed by atoms with van der Waals surface area (Å²) in [5.74, 6) is 1.04. The van der Waals surface area contributed by atoms with E-state index in [1.807, 2.05) is 5.38 Å². The SMILES string of the molecule is CC(C)Cc1ccc(-c2csc(NC(=O)/C=C\c3ccco3)n2)cc1. The Morgan fingerprint density at radius 2 is 2.08 bits per heavy atom. The van der Waals surface area contributed by atoms with Crippen molar-refractivity contribution in [1.82, 2.24) is 4.98 Å². The normalized spacial score (nSPS) is 11.3. The van der Waals surface area contributed by atoms with Gasteiger partial charge in [-0.1, -0.05) is 38.1 Å². The Morgan fingerprint density at radius 1 is 1.28 bits per heavy atom. The van der Waals surface area contributed by atoms with E-state index in [0.717, 1.165) is 17.7 Å². The van der Waals surface area contributed by atoms with Gasteiger partial charge in [0.15, 0.2) is 5.13 Å². The van der Waals surface area contributed by atoms with Crippen molar-refractivity contribution < 1.29 is 9.21 Å². The first-order valence-corrected chi connectivity index (χ1v) is 9.05. The van der Waals surface area contributed by atoms with Crippen LogP contribution in [0.5, 0.6) is 0 Å². The zero-order valence-electron chi connectivity index (χ0n) is 14.2. The van der Waals surface area contributed by atoms with Crippen LogP contribution < -0.4 is 5.32 Å². The number of anilines is 1. The van der Waals surface area contributed by atoms with E-state index in [1.54, 1.807) is 24.5 Å². The predicted molar refractivity (Wildman–Crippen MR) is 102 cm³/mol. The highest BCUT2D eigenvalue weighted by Crippen LogP contribution is 2.25. The quantitative estimate of drug-likeness (QED) is 0.616. The average Bonchev–Trinajstić information content (AvgIpc) is 3.25. The van der Waals surface area contributed by atoms with Crippen LogP contribution >= 0.6 is 11.3 Å². The van der Waals surface area contributed by atoms with Gasteiger partial charge < -0.3 is 4.42 Å². The predicted octanol–water partition coefficient (Wildman–Crippen LogP) is 5.25. The topological polar surface area (TPSA) is 55.1 Å². The Morgan fingerprint density at radius 3 is 2.76 bits per heavy atom. The van der Waals surface area contributed by atoms with Crippen LogP contribution in [0.1, 0.15) is 25.2 Å². The van der Waals surface area contributed by atoms with E-state index in [9.17, 15) is 4.79 Å². The van der Waals surface area contributed by atoms with Crippen molar-refractivity contribution in [2.75, 3.05) is 5.32 Å². The summed E-state index contributed by atoms with van der Waals surface area (Å²) in [5.41, 5.74) is 3.24. The van der Waals surface area contributed by atoms with Crippen LogP contribution in [-0.4, -0.2) is 10.9 Å². The summed E-state index contributed by atoms with van der Waals surface area (Å²) in [6.07, 6.45) is 5.69. The van der Waals surface area contributed by atoms with Gasteiger partial charge in [0, 0.05) is 17.0 Å². The average molecular weight is 352 g/mol. The van der Waals surface area contributed by atoms with E-state index in [2.05, 4.69) is 48.4 Å². The molecule has 0 aliphatic rings. The van der Waals surface area contributed by atoms with Gasteiger partial charge in [-0.15, -0.1) is 11.3 Å². The first-order chi connectivity index (χ1) is 12.1. The van der Waals surface area contributed by atoms with Gasteiger partial charge in [-0.25, -0.2) is 4.98 Å². The van der Waals surface area contributed by atoms with E-state index in [1.165, 1.54) is 23.0 Å². The minimum atomic E-state index is -0.232. The zero-order chi connectivity index (χ0) is 17.6. The summed E-state index contributed by atoms with van der Waals surface area (Å²) in [7, 11) is 0. The van der Waals surface area contributed by atoms with Crippen molar-refractivity contribution in [2.45, 2.75) is 20.3 Å².